The fourth-order valence-electron chi connectivity index (χ4n) is 11.0. The van der Waals surface area contributed by atoms with Crippen molar-refractivity contribution in [3.8, 4) is 0 Å². The van der Waals surface area contributed by atoms with E-state index in [1.165, 1.54) is 0 Å². The molecule has 0 bridgehead atoms. The topological polar surface area (TPSA) is 454 Å². The summed E-state index contributed by atoms with van der Waals surface area (Å²) in [7, 11) is -46.3. The molecule has 20 N–H and O–H groups in total. The van der Waals surface area contributed by atoms with E-state index in [0.717, 1.165) is 0 Å². The minimum absolute atomic E-state index is 0.00502. The van der Waals surface area contributed by atoms with Crippen molar-refractivity contribution in [3.05, 3.63) is 0 Å². The van der Waals surface area contributed by atoms with Crippen LogP contribution in [0.1, 0.15) is 217 Å². The lowest BCUT2D eigenvalue weighted by Gasteiger charge is -2.57. The van der Waals surface area contributed by atoms with Gasteiger partial charge in [-0.25, -0.2) is 0 Å². The number of nitrogens with two attached hydrogens (primary N) is 10. The highest BCUT2D eigenvalue weighted by Crippen LogP contribution is 2.41. The maximum absolute atomic E-state index is 8.20. The molecule has 0 saturated carbocycles. The van der Waals surface area contributed by atoms with Gasteiger partial charge in [0.05, 0.1) is 5.67 Å². The van der Waals surface area contributed by atoms with Gasteiger partial charge in [-0.05, 0) is 147 Å². The third-order valence-corrected chi connectivity index (χ3v) is 58.9. The van der Waals surface area contributed by atoms with E-state index < -0.39 is 145 Å². The summed E-state index contributed by atoms with van der Waals surface area (Å²) >= 11 is 0. The van der Waals surface area contributed by atoms with Crippen molar-refractivity contribution < 1.29 is 90.1 Å². The first-order valence-corrected chi connectivity index (χ1v) is 53.5. The van der Waals surface area contributed by atoms with E-state index in [2.05, 4.69) is 0 Å². The van der Waals surface area contributed by atoms with Crippen molar-refractivity contribution >= 4 is 88.0 Å². The summed E-state index contributed by atoms with van der Waals surface area (Å²) in [4.78, 5) is 0. The first-order valence-electron chi connectivity index (χ1n) is 35.4. The first kappa shape index (κ1) is 95.9. The third kappa shape index (κ3) is 24.5. The number of rotatable bonds is 62. The Labute approximate surface area is 584 Å². The van der Waals surface area contributed by atoms with Crippen LogP contribution in [0.15, 0.2) is 0 Å². The van der Waals surface area contributed by atoms with Gasteiger partial charge in [-0.2, -0.15) is 0 Å². The van der Waals surface area contributed by atoms with Crippen LogP contribution in [0.5, 0.6) is 0 Å². The Balaban J connectivity index is 10.0. The molecular formula is C54H140N10O21Si10. The second kappa shape index (κ2) is 46.7. The monoisotopic (exact) mass is 1540 g/mol. The lowest BCUT2D eigenvalue weighted by Crippen LogP contribution is -2.87. The molecule has 0 amide bonds. The van der Waals surface area contributed by atoms with Gasteiger partial charge in [-0.3, -0.25) is 0 Å². The smallest absolute Gasteiger partial charge is 0.431 e. The van der Waals surface area contributed by atoms with Crippen LogP contribution < -0.4 is 57.3 Å². The maximum atomic E-state index is 8.20. The highest BCUT2D eigenvalue weighted by molar-refractivity contribution is 6.95. The molecular weight excluding hydrogens is 1410 g/mol. The van der Waals surface area contributed by atoms with E-state index in [9.17, 15) is 0 Å². The van der Waals surface area contributed by atoms with E-state index in [-0.39, 0.29) is 111 Å². The molecule has 0 spiro atoms. The van der Waals surface area contributed by atoms with E-state index >= 15 is 0 Å². The molecule has 0 aromatic rings. The van der Waals surface area contributed by atoms with Gasteiger partial charge in [0.15, 0.2) is 0 Å². The Bertz CT molecular complexity index is 1920. The van der Waals surface area contributed by atoms with Crippen LogP contribution in [0.3, 0.4) is 0 Å². The van der Waals surface area contributed by atoms with Crippen LogP contribution in [-0.4, -0.2) is 224 Å². The zero-order chi connectivity index (χ0) is 73.2. The highest BCUT2D eigenvalue weighted by atomic mass is 28.6. The van der Waals surface area contributed by atoms with Crippen molar-refractivity contribution in [2.75, 3.05) is 79.3 Å². The number of hydrogen-bond donors (Lipinski definition) is 10. The van der Waals surface area contributed by atoms with E-state index in [1.54, 1.807) is 83.1 Å². The Morgan fingerprint density at radius 3 is 0.568 bits per heavy atom. The van der Waals surface area contributed by atoms with Gasteiger partial charge in [-0.15, -0.1) is 0 Å². The molecule has 11 unspecified atom stereocenters. The third-order valence-electron chi connectivity index (χ3n) is 16.1. The summed E-state index contributed by atoms with van der Waals surface area (Å²) < 4.78 is 147. The average Bonchev–Trinajstić information content (AvgIpc) is 0.729. The van der Waals surface area contributed by atoms with Crippen molar-refractivity contribution in [1.29, 1.82) is 0 Å². The van der Waals surface area contributed by atoms with Crippen LogP contribution in [-0.2, 0) is 90.1 Å². The van der Waals surface area contributed by atoms with E-state index in [1.807, 2.05) is 69.2 Å². The fourth-order valence-corrected chi connectivity index (χ4v) is 59.0. The van der Waals surface area contributed by atoms with Gasteiger partial charge in [0, 0.05) is 130 Å². The van der Waals surface area contributed by atoms with Gasteiger partial charge in [0.25, 0.3) is 0 Å². The van der Waals surface area contributed by atoms with Crippen LogP contribution >= 0.6 is 0 Å². The van der Waals surface area contributed by atoms with Crippen molar-refractivity contribution in [3.63, 3.8) is 0 Å². The fraction of sp³-hybridized carbons (Fsp3) is 1.00. The van der Waals surface area contributed by atoms with Crippen molar-refractivity contribution in [1.82, 2.24) is 0 Å². The highest BCUT2D eigenvalue weighted by Gasteiger charge is 2.75. The molecule has 0 heterocycles. The molecule has 0 aliphatic carbocycles. The minimum atomic E-state index is -5.14. The molecule has 0 radical (unpaired) electrons. The maximum Gasteiger partial charge on any atom is 0.673 e. The minimum Gasteiger partial charge on any atom is -0.431 e. The summed E-state index contributed by atoms with van der Waals surface area (Å²) in [5.74, 6) is 0. The average molecular weight is 1550 g/mol. The molecule has 95 heavy (non-hydrogen) atoms. The predicted molar refractivity (Wildman–Crippen MR) is 389 cm³/mol. The van der Waals surface area contributed by atoms with Crippen molar-refractivity contribution in [2.24, 2.45) is 57.3 Å². The molecule has 11 atom stereocenters. The SMILES string of the molecule is CCO[Si](OCC)(OCC)O[Si](OCC)(OCC)O[Si](OCC)(OCC)O[Si](OCC)(OCC)O[Si](OCC)(OCC)O[Si](OCC)(O[Si](O[Si](O[Si](O[Si](C(N)CC)(C(N)CC)C(N)CC)(C(N)CC)C(N)CC)(C(N)CC)C(N)CC)(C(N)CC)C(N)CC)C(N)CC. The number of hydrogen-bond acceptors (Lipinski definition) is 31. The zero-order valence-electron chi connectivity index (χ0n) is 62.7. The van der Waals surface area contributed by atoms with Gasteiger partial charge < -0.3 is 147 Å². The molecule has 572 valence electrons. The second-order valence-electron chi connectivity index (χ2n) is 22.4. The Hall–Kier alpha value is 0.929. The van der Waals surface area contributed by atoms with Crippen LogP contribution in [0.4, 0.5) is 0 Å². The predicted octanol–water partition coefficient (Wildman–Crippen LogP) is 3.73. The largest absolute Gasteiger partial charge is 0.673 e. The molecule has 41 heteroatoms. The van der Waals surface area contributed by atoms with Crippen LogP contribution in [0.2, 0.25) is 0 Å². The lowest BCUT2D eigenvalue weighted by atomic mass is 10.5. The molecule has 0 rings (SSSR count). The summed E-state index contributed by atoms with van der Waals surface area (Å²) in [5.41, 5.74) is 66.9. The molecule has 0 fully saturated rings. The van der Waals surface area contributed by atoms with Gasteiger partial charge in [0.1, 0.15) is 0 Å². The molecule has 0 aliphatic heterocycles. The van der Waals surface area contributed by atoms with Gasteiger partial charge in [-0.1, -0.05) is 69.2 Å². The zero-order valence-corrected chi connectivity index (χ0v) is 72.7. The Morgan fingerprint density at radius 1 is 0.179 bits per heavy atom. The quantitative estimate of drug-likeness (QED) is 0.0388. The first-order chi connectivity index (χ1) is 44.9. The summed E-state index contributed by atoms with van der Waals surface area (Å²) in [6, 6.07) is 0. The molecule has 31 nitrogen and oxygen atoms in total. The molecule has 0 aliphatic rings. The van der Waals surface area contributed by atoms with Crippen LogP contribution in [0.25, 0.3) is 0 Å². The Morgan fingerprint density at radius 2 is 0.358 bits per heavy atom. The lowest BCUT2D eigenvalue weighted by molar-refractivity contribution is -0.0869. The Kier molecular flexibility index (Phi) is 47.1. The molecule has 0 aromatic heterocycles. The summed E-state index contributed by atoms with van der Waals surface area (Å²) in [5, 5.41) is 0. The molecule has 0 saturated heterocycles. The summed E-state index contributed by atoms with van der Waals surface area (Å²) in [6.45, 7) is 39.9. The van der Waals surface area contributed by atoms with E-state index in [4.69, 9.17) is 147 Å². The van der Waals surface area contributed by atoms with Gasteiger partial charge in [0.2, 0.25) is 8.32 Å². The van der Waals surface area contributed by atoms with E-state index in [0.29, 0.717) is 32.1 Å². The van der Waals surface area contributed by atoms with Crippen molar-refractivity contribution in [2.45, 2.75) is 273 Å². The standard InChI is InChI=1S/C54H140N10O21Si10/c1-23-45(55)86(46(56)24-2,47(57)25-3)77-87(48(58)26-4,49(59)27-5)78-88(50(60)28-6,51(61)29-7)79-89(52(62)30-8,53(63)31-9)80-90(65-33-11,54(64)32-10)81-92(69-37-15,70-38-16)83-94(73-41-19,74-42-20)85-95(75-43-21,76-44-22)84-93(71-39-17,72-40-18)82-91(66-34-12,67-35-13)68-36-14/h45-54H,23-44,55-64H2,1-22H3. The van der Waals surface area contributed by atoms with Gasteiger partial charge >= 0.3 is 79.7 Å². The van der Waals surface area contributed by atoms with Crippen LogP contribution in [0, 0.1) is 0 Å². The summed E-state index contributed by atoms with van der Waals surface area (Å²) in [6.07, 6.45) is 3.33. The molecule has 0 aromatic carbocycles. The normalized spacial score (nSPS) is 19.7. The second-order valence-corrected chi connectivity index (χ2v) is 52.9.